The molecule has 2 N–H and O–H groups in total. The summed E-state index contributed by atoms with van der Waals surface area (Å²) in [4.78, 5) is 44.5. The predicted octanol–water partition coefficient (Wildman–Crippen LogP) is 3.52. The van der Waals surface area contributed by atoms with Crippen molar-refractivity contribution in [2.24, 2.45) is 17.3 Å². The predicted molar refractivity (Wildman–Crippen MR) is 163 cm³/mol. The first kappa shape index (κ1) is 32.2. The van der Waals surface area contributed by atoms with E-state index in [4.69, 9.17) is 14.2 Å². The Labute approximate surface area is 250 Å². The van der Waals surface area contributed by atoms with E-state index in [9.17, 15) is 14.4 Å². The number of piperidine rings is 1. The Morgan fingerprint density at radius 2 is 1.93 bits per heavy atom. The summed E-state index contributed by atoms with van der Waals surface area (Å²) >= 11 is 0. The second kappa shape index (κ2) is 13.3. The third-order valence-corrected chi connectivity index (χ3v) is 8.44. The van der Waals surface area contributed by atoms with E-state index in [1.54, 1.807) is 25.9 Å². The maximum Gasteiger partial charge on any atom is 0.270 e. The number of carbonyl (C=O) groups excluding carboxylic acids is 3. The van der Waals surface area contributed by atoms with Gasteiger partial charge < -0.3 is 34.6 Å². The Balaban J connectivity index is 1.52. The van der Waals surface area contributed by atoms with E-state index in [1.165, 1.54) is 0 Å². The summed E-state index contributed by atoms with van der Waals surface area (Å²) in [5.41, 5.74) is 0.291. The number of hydrogen-bond donors (Lipinski definition) is 2. The van der Waals surface area contributed by atoms with Crippen molar-refractivity contribution < 1.29 is 28.6 Å². The number of ether oxygens (including phenoxy) is 3. The molecule has 10 nitrogen and oxygen atoms in total. The quantitative estimate of drug-likeness (QED) is 0.361. The third-order valence-electron chi connectivity index (χ3n) is 8.44. The first-order valence-corrected chi connectivity index (χ1v) is 15.4. The molecule has 3 atom stereocenters. The molecular formula is C32H50N4O6. The van der Waals surface area contributed by atoms with Gasteiger partial charge in [0.1, 0.15) is 5.75 Å². The van der Waals surface area contributed by atoms with E-state index in [0.717, 1.165) is 18.5 Å². The zero-order chi connectivity index (χ0) is 30.7. The fraction of sp³-hybridized carbons (Fsp3) is 0.719. The lowest BCUT2D eigenvalue weighted by Gasteiger charge is -2.40. The molecule has 42 heavy (non-hydrogen) atoms. The van der Waals surface area contributed by atoms with Gasteiger partial charge in [0.2, 0.25) is 11.8 Å². The number of methoxy groups -OCH3 is 1. The van der Waals surface area contributed by atoms with Crippen LogP contribution in [0.2, 0.25) is 0 Å². The highest BCUT2D eigenvalue weighted by molar-refractivity contribution is 6.04. The zero-order valence-electron chi connectivity index (χ0n) is 26.5. The van der Waals surface area contributed by atoms with Crippen molar-refractivity contribution in [3.8, 4) is 5.75 Å². The van der Waals surface area contributed by atoms with E-state index in [1.807, 2.05) is 30.0 Å². The minimum atomic E-state index is -0.981. The molecule has 4 rings (SSSR count). The minimum Gasteiger partial charge on any atom is -0.476 e. The summed E-state index contributed by atoms with van der Waals surface area (Å²) in [6.45, 7) is 14.9. The minimum absolute atomic E-state index is 0.0125. The molecule has 234 valence electrons. The molecule has 10 heteroatoms. The van der Waals surface area contributed by atoms with Crippen molar-refractivity contribution in [2.75, 3.05) is 56.4 Å². The van der Waals surface area contributed by atoms with Crippen LogP contribution in [0, 0.1) is 17.3 Å². The van der Waals surface area contributed by atoms with Gasteiger partial charge in [-0.15, -0.1) is 0 Å². The van der Waals surface area contributed by atoms with Crippen molar-refractivity contribution in [1.29, 1.82) is 0 Å². The number of fused-ring (bicyclic) bond motifs is 1. The van der Waals surface area contributed by atoms with Crippen LogP contribution in [0.3, 0.4) is 0 Å². The lowest BCUT2D eigenvalue weighted by Crippen LogP contribution is -2.54. The number of carbonyl (C=O) groups is 3. The Hall–Kier alpha value is -2.69. The number of hydrogen-bond acceptors (Lipinski definition) is 7. The second-order valence-electron chi connectivity index (χ2n) is 13.4. The molecule has 0 spiro atoms. The average molecular weight is 587 g/mol. The number of amides is 3. The summed E-state index contributed by atoms with van der Waals surface area (Å²) in [6, 6.07) is 5.68. The van der Waals surface area contributed by atoms with Crippen molar-refractivity contribution in [1.82, 2.24) is 10.6 Å². The van der Waals surface area contributed by atoms with Gasteiger partial charge in [-0.1, -0.05) is 20.8 Å². The fourth-order valence-corrected chi connectivity index (χ4v) is 5.71. The van der Waals surface area contributed by atoms with Crippen LogP contribution in [-0.4, -0.2) is 82.0 Å². The largest absolute Gasteiger partial charge is 0.476 e. The summed E-state index contributed by atoms with van der Waals surface area (Å²) < 4.78 is 17.0. The maximum absolute atomic E-state index is 14.1. The van der Waals surface area contributed by atoms with Crippen molar-refractivity contribution in [3.05, 3.63) is 18.2 Å². The maximum atomic E-state index is 14.1. The molecule has 0 radical (unpaired) electrons. The van der Waals surface area contributed by atoms with Gasteiger partial charge in [-0.05, 0) is 70.1 Å². The number of rotatable bonds is 12. The molecule has 2 aliphatic heterocycles. The first-order chi connectivity index (χ1) is 19.9. The van der Waals surface area contributed by atoms with Gasteiger partial charge in [-0.25, -0.2) is 0 Å². The van der Waals surface area contributed by atoms with Gasteiger partial charge in [-0.2, -0.15) is 0 Å². The summed E-state index contributed by atoms with van der Waals surface area (Å²) in [6.07, 6.45) is 3.02. The van der Waals surface area contributed by atoms with Crippen molar-refractivity contribution in [3.63, 3.8) is 0 Å². The van der Waals surface area contributed by atoms with Crippen LogP contribution in [0.5, 0.6) is 5.75 Å². The van der Waals surface area contributed by atoms with Gasteiger partial charge in [0.05, 0.1) is 30.2 Å². The lowest BCUT2D eigenvalue weighted by atomic mass is 9.85. The standard InChI is InChI=1S/C32H50N4O6/c1-8-41-20-27(31(2,3)4)34-28(37)21-16-22(19-33-18-21)29(38)36(23-10-11-23)24-12-13-26-25(17-24)35(14-9-15-40-7)30(39)32(5,6)42-26/h12-13,17,21-23,27,33H,8-11,14-16,18-20H2,1-7H3,(H,34,37)/t21-,22+,27+/m0/s1. The average Bonchev–Trinajstić information content (AvgIpc) is 3.78. The van der Waals surface area contributed by atoms with Crippen LogP contribution in [0.25, 0.3) is 0 Å². The Morgan fingerprint density at radius 1 is 1.21 bits per heavy atom. The molecule has 2 fully saturated rings. The Kier molecular flexibility index (Phi) is 10.2. The summed E-state index contributed by atoms with van der Waals surface area (Å²) in [5.74, 6) is -0.167. The van der Waals surface area contributed by atoms with E-state index in [-0.39, 0.29) is 47.1 Å². The molecule has 1 saturated heterocycles. The van der Waals surface area contributed by atoms with Crippen LogP contribution in [-0.2, 0) is 23.9 Å². The fourth-order valence-electron chi connectivity index (χ4n) is 5.71. The van der Waals surface area contributed by atoms with Crippen LogP contribution < -0.4 is 25.2 Å². The Morgan fingerprint density at radius 3 is 2.57 bits per heavy atom. The van der Waals surface area contributed by atoms with E-state index in [0.29, 0.717) is 63.7 Å². The van der Waals surface area contributed by atoms with Crippen molar-refractivity contribution >= 4 is 29.1 Å². The van der Waals surface area contributed by atoms with E-state index >= 15 is 0 Å². The molecule has 0 unspecified atom stereocenters. The molecular weight excluding hydrogens is 536 g/mol. The highest BCUT2D eigenvalue weighted by Gasteiger charge is 2.43. The van der Waals surface area contributed by atoms with Gasteiger partial charge in [0.25, 0.3) is 5.91 Å². The highest BCUT2D eigenvalue weighted by Crippen LogP contribution is 2.43. The second-order valence-corrected chi connectivity index (χ2v) is 13.4. The molecule has 3 aliphatic rings. The number of benzene rings is 1. The van der Waals surface area contributed by atoms with Crippen LogP contribution in [0.15, 0.2) is 18.2 Å². The molecule has 1 aromatic rings. The lowest BCUT2D eigenvalue weighted by molar-refractivity contribution is -0.132. The van der Waals surface area contributed by atoms with Gasteiger partial charge >= 0.3 is 0 Å². The molecule has 1 saturated carbocycles. The zero-order valence-corrected chi connectivity index (χ0v) is 26.5. The number of nitrogens with one attached hydrogen (secondary N) is 2. The summed E-state index contributed by atoms with van der Waals surface area (Å²) in [7, 11) is 1.65. The third kappa shape index (κ3) is 7.44. The van der Waals surface area contributed by atoms with Gasteiger partial charge in [-0.3, -0.25) is 14.4 Å². The van der Waals surface area contributed by atoms with Crippen LogP contribution in [0.1, 0.15) is 67.2 Å². The molecule has 1 aromatic carbocycles. The normalized spacial score (nSPS) is 22.6. The first-order valence-electron chi connectivity index (χ1n) is 15.4. The topological polar surface area (TPSA) is 109 Å². The number of anilines is 2. The molecule has 2 heterocycles. The molecule has 0 bridgehead atoms. The number of nitrogens with zero attached hydrogens (tertiary/aromatic N) is 2. The molecule has 0 aromatic heterocycles. The molecule has 3 amide bonds. The van der Waals surface area contributed by atoms with Gasteiger partial charge in [0.15, 0.2) is 5.60 Å². The highest BCUT2D eigenvalue weighted by atomic mass is 16.5. The van der Waals surface area contributed by atoms with Crippen LogP contribution >= 0.6 is 0 Å². The Bertz CT molecular complexity index is 1130. The van der Waals surface area contributed by atoms with Crippen molar-refractivity contribution in [2.45, 2.75) is 84.9 Å². The summed E-state index contributed by atoms with van der Waals surface area (Å²) in [5, 5.41) is 6.54. The van der Waals surface area contributed by atoms with E-state index < -0.39 is 5.60 Å². The SMILES string of the molecule is CCOC[C@@H](NC(=O)[C@@H]1CNC[C@H](C(=O)N(c2ccc3c(c2)N(CCCOC)C(=O)C(C)(C)O3)C2CC2)C1)C(C)(C)C. The van der Waals surface area contributed by atoms with E-state index in [2.05, 4.69) is 31.4 Å². The smallest absolute Gasteiger partial charge is 0.270 e. The van der Waals surface area contributed by atoms with Gasteiger partial charge in [0, 0.05) is 51.7 Å². The monoisotopic (exact) mass is 586 g/mol. The molecule has 1 aliphatic carbocycles. The van der Waals surface area contributed by atoms with Crippen LogP contribution in [0.4, 0.5) is 11.4 Å².